The van der Waals surface area contributed by atoms with Gasteiger partial charge in [-0.2, -0.15) is 0 Å². The monoisotopic (exact) mass is 843 g/mol. The standard InChI is InChI=1S/2C11H10.C7H8.3C6H7N.2C5H6N2/c1-9-5-4-7-10-6-2-3-8-11(9)10;1-9-6-7-10-4-2-3-5-11(10)8-9;1-7-5-3-2-4-6-7;1-6-2-4-7-5-3-6;1-6-3-2-4-7-5-6;1-6-4-2-3-5-7-6;1-5-4-6-2-3-7-5;1-5-6-3-2-4-7-5/h2*2-8H,1H3;2-6H,1H3;3*2-5H,1H3;2*2-4H,1H3. The number of rotatable bonds is 0. The van der Waals surface area contributed by atoms with Gasteiger partial charge in [-0.25, -0.2) is 9.97 Å². The Hall–Kier alpha value is -7.77. The highest BCUT2D eigenvalue weighted by atomic mass is 14.8. The molecule has 0 aliphatic heterocycles. The lowest BCUT2D eigenvalue weighted by molar-refractivity contribution is 1.05. The Morgan fingerprint density at radius 1 is 0.281 bits per heavy atom. The van der Waals surface area contributed by atoms with Gasteiger partial charge in [0, 0.05) is 67.7 Å². The zero-order chi connectivity index (χ0) is 46.0. The number of fused-ring (bicyclic) bond motifs is 2. The Morgan fingerprint density at radius 2 is 0.859 bits per heavy atom. The van der Waals surface area contributed by atoms with Crippen LogP contribution >= 0.6 is 0 Å². The van der Waals surface area contributed by atoms with Crippen molar-refractivity contribution in [1.29, 1.82) is 0 Å². The van der Waals surface area contributed by atoms with Crippen molar-refractivity contribution in [1.82, 2.24) is 34.9 Å². The fourth-order valence-electron chi connectivity index (χ4n) is 5.30. The molecule has 0 N–H and O–H groups in total. The fraction of sp³-hybridized carbons (Fsp3) is 0.140. The third-order valence-electron chi connectivity index (χ3n) is 8.71. The lowest BCUT2D eigenvalue weighted by Crippen LogP contribution is -1.80. The van der Waals surface area contributed by atoms with Gasteiger partial charge in [-0.05, 0) is 130 Å². The first-order valence-corrected chi connectivity index (χ1v) is 21.1. The van der Waals surface area contributed by atoms with Crippen LogP contribution in [-0.4, -0.2) is 34.9 Å². The lowest BCUT2D eigenvalue weighted by Gasteiger charge is -1.98. The first-order chi connectivity index (χ1) is 31.1. The molecule has 0 aliphatic rings. The molecule has 0 bridgehead atoms. The van der Waals surface area contributed by atoms with Crippen LogP contribution in [0.5, 0.6) is 0 Å². The van der Waals surface area contributed by atoms with Crippen LogP contribution in [0.4, 0.5) is 0 Å². The van der Waals surface area contributed by atoms with Crippen molar-refractivity contribution < 1.29 is 0 Å². The second-order valence-electron chi connectivity index (χ2n) is 14.5. The van der Waals surface area contributed by atoms with Crippen LogP contribution in [0.1, 0.15) is 45.0 Å². The van der Waals surface area contributed by atoms with Crippen LogP contribution in [0.3, 0.4) is 0 Å². The summed E-state index contributed by atoms with van der Waals surface area (Å²) in [5.41, 5.74) is 8.50. The summed E-state index contributed by atoms with van der Waals surface area (Å²) in [5, 5.41) is 5.33. The topological polar surface area (TPSA) is 90.2 Å². The average Bonchev–Trinajstić information content (AvgIpc) is 3.32. The smallest absolute Gasteiger partial charge is 0.125 e. The van der Waals surface area contributed by atoms with Crippen molar-refractivity contribution in [2.75, 3.05) is 0 Å². The molecule has 0 radical (unpaired) electrons. The van der Waals surface area contributed by atoms with Crippen molar-refractivity contribution in [2.24, 2.45) is 0 Å². The first kappa shape index (κ1) is 50.6. The van der Waals surface area contributed by atoms with Gasteiger partial charge >= 0.3 is 0 Å². The molecule has 10 rings (SSSR count). The molecule has 0 unspecified atom stereocenters. The maximum Gasteiger partial charge on any atom is 0.125 e. The van der Waals surface area contributed by atoms with E-state index in [2.05, 4.69) is 153 Å². The van der Waals surface area contributed by atoms with E-state index in [1.54, 1.807) is 61.8 Å². The van der Waals surface area contributed by atoms with E-state index in [1.165, 1.54) is 49.4 Å². The zero-order valence-electron chi connectivity index (χ0n) is 38.5. The van der Waals surface area contributed by atoms with E-state index < -0.39 is 0 Å². The highest BCUT2D eigenvalue weighted by Crippen LogP contribution is 2.17. The fourth-order valence-corrected chi connectivity index (χ4v) is 5.30. The predicted molar refractivity (Wildman–Crippen MR) is 269 cm³/mol. The summed E-state index contributed by atoms with van der Waals surface area (Å²) in [4.78, 5) is 27.2. The Labute approximate surface area is 381 Å². The van der Waals surface area contributed by atoms with Crippen molar-refractivity contribution in [2.45, 2.75) is 55.4 Å². The highest BCUT2D eigenvalue weighted by Gasteiger charge is 1.92. The summed E-state index contributed by atoms with van der Waals surface area (Å²) < 4.78 is 0. The summed E-state index contributed by atoms with van der Waals surface area (Å²) in [6, 6.07) is 55.5. The molecule has 5 aromatic carbocycles. The molecule has 0 spiro atoms. The largest absolute Gasteiger partial charge is 0.265 e. The minimum atomic E-state index is 0.822. The average molecular weight is 844 g/mol. The van der Waals surface area contributed by atoms with Gasteiger partial charge in [0.05, 0.1) is 5.69 Å². The molecule has 324 valence electrons. The van der Waals surface area contributed by atoms with E-state index in [0.717, 1.165) is 17.2 Å². The second kappa shape index (κ2) is 31.1. The number of benzene rings is 5. The highest BCUT2D eigenvalue weighted by molar-refractivity contribution is 5.85. The Bertz CT molecular complexity index is 2360. The van der Waals surface area contributed by atoms with Crippen LogP contribution < -0.4 is 0 Å². The molecule has 0 atom stereocenters. The molecule has 10 aromatic rings. The molecule has 5 aromatic heterocycles. The molecule has 7 heteroatoms. The molecule has 0 amide bonds. The van der Waals surface area contributed by atoms with E-state index in [-0.39, 0.29) is 0 Å². The van der Waals surface area contributed by atoms with Gasteiger partial charge in [-0.15, -0.1) is 0 Å². The number of nitrogens with zero attached hydrogens (tertiary/aromatic N) is 7. The minimum absolute atomic E-state index is 0.822. The summed E-state index contributed by atoms with van der Waals surface area (Å²) in [6.45, 7) is 16.1. The summed E-state index contributed by atoms with van der Waals surface area (Å²) in [5.74, 6) is 0.822. The summed E-state index contributed by atoms with van der Waals surface area (Å²) in [7, 11) is 0. The van der Waals surface area contributed by atoms with E-state index >= 15 is 0 Å². The molecule has 0 fully saturated rings. The Kier molecular flexibility index (Phi) is 24.6. The van der Waals surface area contributed by atoms with Crippen molar-refractivity contribution in [3.05, 3.63) is 271 Å². The normalized spacial score (nSPS) is 9.25. The van der Waals surface area contributed by atoms with Crippen molar-refractivity contribution in [3.8, 4) is 0 Å². The molecular formula is C57H61N7. The van der Waals surface area contributed by atoms with Crippen LogP contribution in [0.2, 0.25) is 0 Å². The zero-order valence-corrected chi connectivity index (χ0v) is 38.5. The summed E-state index contributed by atoms with van der Waals surface area (Å²) in [6.07, 6.45) is 17.5. The SMILES string of the molecule is Cc1ccc2ccccc2c1.Cc1cccc2ccccc12.Cc1ccccc1.Cc1ccccn1.Cc1cccnc1.Cc1ccncc1.Cc1cnccn1.Cc1ncccn1. The van der Waals surface area contributed by atoms with Crippen molar-refractivity contribution in [3.63, 3.8) is 0 Å². The molecule has 0 saturated heterocycles. The van der Waals surface area contributed by atoms with Gasteiger partial charge in [0.15, 0.2) is 0 Å². The Morgan fingerprint density at radius 3 is 1.31 bits per heavy atom. The van der Waals surface area contributed by atoms with E-state index in [9.17, 15) is 0 Å². The third-order valence-corrected chi connectivity index (χ3v) is 8.71. The first-order valence-electron chi connectivity index (χ1n) is 21.1. The van der Waals surface area contributed by atoms with Crippen LogP contribution in [0, 0.1) is 55.4 Å². The molecular weight excluding hydrogens is 783 g/mol. The molecule has 0 saturated carbocycles. The number of aryl methyl sites for hydroxylation is 8. The molecule has 7 nitrogen and oxygen atoms in total. The van der Waals surface area contributed by atoms with Crippen LogP contribution in [0.15, 0.2) is 226 Å². The van der Waals surface area contributed by atoms with Crippen LogP contribution in [0.25, 0.3) is 21.5 Å². The summed E-state index contributed by atoms with van der Waals surface area (Å²) >= 11 is 0. The number of aromatic nitrogens is 7. The van der Waals surface area contributed by atoms with Gasteiger partial charge in [-0.3, -0.25) is 24.9 Å². The molecule has 0 aliphatic carbocycles. The number of hydrogen-bond acceptors (Lipinski definition) is 7. The maximum atomic E-state index is 3.98. The van der Waals surface area contributed by atoms with Gasteiger partial charge in [0.25, 0.3) is 0 Å². The maximum absolute atomic E-state index is 3.98. The molecule has 5 heterocycles. The van der Waals surface area contributed by atoms with E-state index in [4.69, 9.17) is 0 Å². The van der Waals surface area contributed by atoms with E-state index in [1.807, 2.05) is 101 Å². The Balaban J connectivity index is 0.000000196. The minimum Gasteiger partial charge on any atom is -0.265 e. The predicted octanol–water partition coefficient (Wildman–Crippen LogP) is 14.0. The third kappa shape index (κ3) is 23.3. The second-order valence-corrected chi connectivity index (χ2v) is 14.5. The van der Waals surface area contributed by atoms with Gasteiger partial charge in [0.1, 0.15) is 5.82 Å². The van der Waals surface area contributed by atoms with E-state index in [0.29, 0.717) is 0 Å². The van der Waals surface area contributed by atoms with Gasteiger partial charge in [-0.1, -0.05) is 139 Å². The quantitative estimate of drug-likeness (QED) is 0.150. The number of pyridine rings is 3. The van der Waals surface area contributed by atoms with Gasteiger partial charge < -0.3 is 0 Å². The number of hydrogen-bond donors (Lipinski definition) is 0. The lowest BCUT2D eigenvalue weighted by atomic mass is 10.1. The molecule has 64 heavy (non-hydrogen) atoms. The van der Waals surface area contributed by atoms with Crippen molar-refractivity contribution >= 4 is 21.5 Å². The van der Waals surface area contributed by atoms with Crippen LogP contribution in [-0.2, 0) is 0 Å². The van der Waals surface area contributed by atoms with Gasteiger partial charge in [0.2, 0.25) is 0 Å².